The first-order valence-electron chi connectivity index (χ1n) is 10.7. The Hall–Kier alpha value is -2.75. The lowest BCUT2D eigenvalue weighted by Crippen LogP contribution is -2.30. The van der Waals surface area contributed by atoms with Crippen LogP contribution in [0.25, 0.3) is 20.7 Å². The van der Waals surface area contributed by atoms with Crippen LogP contribution in [0.1, 0.15) is 30.8 Å². The summed E-state index contributed by atoms with van der Waals surface area (Å²) in [5.74, 6) is 1.69. The second kappa shape index (κ2) is 9.81. The van der Waals surface area contributed by atoms with Crippen LogP contribution in [-0.2, 0) is 17.9 Å². The maximum absolute atomic E-state index is 12.4. The minimum absolute atomic E-state index is 0.115. The van der Waals surface area contributed by atoms with Gasteiger partial charge in [-0.25, -0.2) is 4.98 Å². The van der Waals surface area contributed by atoms with Crippen LogP contribution in [0.5, 0.6) is 5.88 Å². The number of nitrogens with one attached hydrogen (secondary N) is 1. The predicted octanol–water partition coefficient (Wildman–Crippen LogP) is 4.69. The van der Waals surface area contributed by atoms with Crippen LogP contribution < -0.4 is 10.1 Å². The van der Waals surface area contributed by atoms with Crippen molar-refractivity contribution in [2.75, 3.05) is 19.7 Å². The molecule has 4 aromatic heterocycles. The number of ether oxygens (including phenoxy) is 1. The molecule has 1 N–H and O–H groups in total. The van der Waals surface area contributed by atoms with Crippen molar-refractivity contribution in [2.24, 2.45) is 0 Å². The smallest absolute Gasteiger partial charge is 0.258 e. The van der Waals surface area contributed by atoms with Crippen LogP contribution in [-0.4, -0.2) is 40.5 Å². The van der Waals surface area contributed by atoms with E-state index in [-0.39, 0.29) is 12.5 Å². The molecule has 0 aliphatic carbocycles. The molecule has 0 saturated carbocycles. The van der Waals surface area contributed by atoms with Crippen molar-refractivity contribution in [1.82, 2.24) is 20.2 Å². The van der Waals surface area contributed by atoms with E-state index in [2.05, 4.69) is 21.7 Å². The monoisotopic (exact) mass is 468 g/mol. The van der Waals surface area contributed by atoms with Crippen LogP contribution in [0.3, 0.4) is 0 Å². The third kappa shape index (κ3) is 4.85. The molecular formula is C23H24N4O3S2. The average molecular weight is 469 g/mol. The first kappa shape index (κ1) is 21.1. The molecule has 9 heteroatoms. The van der Waals surface area contributed by atoms with E-state index >= 15 is 0 Å². The number of nitrogens with zero attached hydrogens (tertiary/aromatic N) is 3. The fourth-order valence-corrected chi connectivity index (χ4v) is 5.61. The molecule has 166 valence electrons. The quantitative estimate of drug-likeness (QED) is 0.404. The zero-order chi connectivity index (χ0) is 21.8. The van der Waals surface area contributed by atoms with Crippen LogP contribution in [0, 0.1) is 0 Å². The molecule has 7 nitrogen and oxygen atoms in total. The fourth-order valence-electron chi connectivity index (χ4n) is 3.84. The van der Waals surface area contributed by atoms with Crippen molar-refractivity contribution in [3.63, 3.8) is 0 Å². The van der Waals surface area contributed by atoms with Gasteiger partial charge in [0.15, 0.2) is 6.61 Å². The number of carbonyl (C=O) groups excluding carboxylic acids is 1. The average Bonchev–Trinajstić information content (AvgIpc) is 3.58. The molecule has 4 aromatic rings. The van der Waals surface area contributed by atoms with Crippen LogP contribution in [0.4, 0.5) is 0 Å². The molecule has 0 atom stereocenters. The third-order valence-corrected chi connectivity index (χ3v) is 7.20. The number of hydrogen-bond acceptors (Lipinski definition) is 8. The Morgan fingerprint density at radius 3 is 2.84 bits per heavy atom. The summed E-state index contributed by atoms with van der Waals surface area (Å²) in [6.07, 6.45) is 5.29. The topological polar surface area (TPSA) is 80.5 Å². The zero-order valence-electron chi connectivity index (χ0n) is 17.6. The highest BCUT2D eigenvalue weighted by Gasteiger charge is 2.20. The van der Waals surface area contributed by atoms with Gasteiger partial charge in [-0.3, -0.25) is 9.69 Å². The number of amides is 1. The molecule has 1 fully saturated rings. The Balaban J connectivity index is 1.38. The number of hydrogen-bond donors (Lipinski definition) is 1. The third-order valence-electron chi connectivity index (χ3n) is 5.43. The molecule has 1 aliphatic rings. The van der Waals surface area contributed by atoms with Gasteiger partial charge < -0.3 is 14.5 Å². The van der Waals surface area contributed by atoms with E-state index < -0.39 is 0 Å². The largest absolute Gasteiger partial charge is 0.467 e. The molecular weight excluding hydrogens is 444 g/mol. The zero-order valence-corrected chi connectivity index (χ0v) is 19.2. The molecule has 0 aromatic carbocycles. The molecule has 0 unspecified atom stereocenters. The van der Waals surface area contributed by atoms with E-state index in [0.717, 1.165) is 39.6 Å². The molecule has 0 bridgehead atoms. The molecule has 1 amide bonds. The highest BCUT2D eigenvalue weighted by atomic mass is 32.1. The van der Waals surface area contributed by atoms with E-state index in [0.29, 0.717) is 24.7 Å². The second-order valence-corrected chi connectivity index (χ2v) is 9.54. The van der Waals surface area contributed by atoms with Gasteiger partial charge in [0, 0.05) is 15.8 Å². The summed E-state index contributed by atoms with van der Waals surface area (Å²) in [5.41, 5.74) is 1.05. The van der Waals surface area contributed by atoms with Gasteiger partial charge in [0.1, 0.15) is 16.4 Å². The molecule has 5 rings (SSSR count). The number of aromatic nitrogens is 2. The van der Waals surface area contributed by atoms with E-state index in [4.69, 9.17) is 19.1 Å². The highest BCUT2D eigenvalue weighted by Crippen LogP contribution is 2.39. The maximum atomic E-state index is 12.4. The fraction of sp³-hybridized carbons (Fsp3) is 0.348. The van der Waals surface area contributed by atoms with Gasteiger partial charge in [0.05, 0.1) is 24.7 Å². The Morgan fingerprint density at radius 1 is 1.16 bits per heavy atom. The van der Waals surface area contributed by atoms with Crippen molar-refractivity contribution in [3.8, 4) is 16.3 Å². The Morgan fingerprint density at radius 2 is 2.06 bits per heavy atom. The summed E-state index contributed by atoms with van der Waals surface area (Å²) in [6.45, 7) is 3.04. The van der Waals surface area contributed by atoms with Crippen LogP contribution in [0.15, 0.2) is 45.7 Å². The number of carbonyl (C=O) groups is 1. The molecule has 32 heavy (non-hydrogen) atoms. The van der Waals surface area contributed by atoms with Gasteiger partial charge in [-0.2, -0.15) is 4.98 Å². The van der Waals surface area contributed by atoms with Crippen molar-refractivity contribution in [1.29, 1.82) is 0 Å². The minimum atomic E-state index is -0.223. The van der Waals surface area contributed by atoms with Gasteiger partial charge >= 0.3 is 0 Å². The summed E-state index contributed by atoms with van der Waals surface area (Å²) in [5, 5.41) is 7.83. The lowest BCUT2D eigenvalue weighted by atomic mass is 10.1. The van der Waals surface area contributed by atoms with Crippen molar-refractivity contribution in [3.05, 3.63) is 52.9 Å². The first-order chi connectivity index (χ1) is 15.8. The highest BCUT2D eigenvalue weighted by molar-refractivity contribution is 7.18. The Labute approximate surface area is 194 Å². The SMILES string of the molecule is O=C(COc1nc(CN2CCCCC2)nc2scc(-c3cccs3)c12)NCc1ccco1. The standard InChI is InChI=1S/C23H24N4O3S2/c28-20(24-12-16-6-4-10-29-16)14-30-22-21-17(18-7-5-11-31-18)15-32-23(21)26-19(25-22)13-27-8-2-1-3-9-27/h4-7,10-11,15H,1-3,8-9,12-14H2,(H,24,28). The number of furan rings is 1. The number of piperidine rings is 1. The Bertz CT molecular complexity index is 1170. The molecule has 1 aliphatic heterocycles. The lowest BCUT2D eigenvalue weighted by Gasteiger charge is -2.25. The molecule has 0 radical (unpaired) electrons. The number of likely N-dealkylation sites (tertiary alicyclic amines) is 1. The van der Waals surface area contributed by atoms with Gasteiger partial charge in [0.2, 0.25) is 5.88 Å². The molecule has 0 spiro atoms. The molecule has 1 saturated heterocycles. The van der Waals surface area contributed by atoms with Gasteiger partial charge in [0.25, 0.3) is 5.91 Å². The van der Waals surface area contributed by atoms with Crippen molar-refractivity contribution in [2.45, 2.75) is 32.4 Å². The van der Waals surface area contributed by atoms with E-state index in [1.807, 2.05) is 17.5 Å². The van der Waals surface area contributed by atoms with Gasteiger partial charge in [-0.05, 0) is 49.5 Å². The molecule has 5 heterocycles. The van der Waals surface area contributed by atoms with Crippen LogP contribution >= 0.6 is 22.7 Å². The normalized spacial score (nSPS) is 14.6. The summed E-state index contributed by atoms with van der Waals surface area (Å²) in [7, 11) is 0. The van der Waals surface area contributed by atoms with Crippen molar-refractivity contribution >= 4 is 38.8 Å². The summed E-state index contributed by atoms with van der Waals surface area (Å²) >= 11 is 3.25. The van der Waals surface area contributed by atoms with Gasteiger partial charge in [-0.15, -0.1) is 22.7 Å². The number of fused-ring (bicyclic) bond motifs is 1. The summed E-state index contributed by atoms with van der Waals surface area (Å²) in [6, 6.07) is 7.72. The Kier molecular flexibility index (Phi) is 6.47. The number of thiophene rings is 2. The minimum Gasteiger partial charge on any atom is -0.467 e. The maximum Gasteiger partial charge on any atom is 0.258 e. The van der Waals surface area contributed by atoms with E-state index in [1.54, 1.807) is 35.0 Å². The predicted molar refractivity (Wildman–Crippen MR) is 126 cm³/mol. The van der Waals surface area contributed by atoms with Crippen molar-refractivity contribution < 1.29 is 13.9 Å². The van der Waals surface area contributed by atoms with Gasteiger partial charge in [-0.1, -0.05) is 12.5 Å². The van der Waals surface area contributed by atoms with E-state index in [9.17, 15) is 4.79 Å². The number of rotatable bonds is 8. The second-order valence-electron chi connectivity index (χ2n) is 7.73. The van der Waals surface area contributed by atoms with Crippen LogP contribution in [0.2, 0.25) is 0 Å². The summed E-state index contributed by atoms with van der Waals surface area (Å²) < 4.78 is 11.2. The lowest BCUT2D eigenvalue weighted by molar-refractivity contribution is -0.123. The first-order valence-corrected chi connectivity index (χ1v) is 12.5. The van der Waals surface area contributed by atoms with E-state index in [1.165, 1.54) is 19.3 Å². The summed E-state index contributed by atoms with van der Waals surface area (Å²) in [4.78, 5) is 26.4.